The maximum atomic E-state index is 5.85. The zero-order valence-corrected chi connectivity index (χ0v) is 11.7. The van der Waals surface area contributed by atoms with Gasteiger partial charge in [0, 0.05) is 17.1 Å². The Balaban J connectivity index is 1.68. The Bertz CT molecular complexity index is 623. The van der Waals surface area contributed by atoms with E-state index in [9.17, 15) is 0 Å². The average molecular weight is 287 g/mol. The number of ether oxygens (including phenoxy) is 1. The van der Waals surface area contributed by atoms with E-state index in [1.807, 2.05) is 30.3 Å². The molecule has 0 unspecified atom stereocenters. The molecule has 0 amide bonds. The van der Waals surface area contributed by atoms with E-state index in [4.69, 9.17) is 16.3 Å². The summed E-state index contributed by atoms with van der Waals surface area (Å²) in [5.41, 5.74) is 2.23. The lowest BCUT2D eigenvalue weighted by atomic mass is 10.1. The number of hydrogen-bond donors (Lipinski definition) is 1. The number of aliphatic imine (C=N–C) groups is 1. The molecule has 1 aliphatic heterocycles. The van der Waals surface area contributed by atoms with Crippen LogP contribution in [0, 0.1) is 0 Å². The first-order valence-corrected chi connectivity index (χ1v) is 6.95. The standard InChI is InChI=1S/C16H15ClN2O/c17-14-4-6-15(7-5-14)20-11-12-2-1-3-13(10-12)16-18-8-9-19-16/h1-7,10H,8-9,11H2,(H,18,19). The van der Waals surface area contributed by atoms with Crippen LogP contribution < -0.4 is 10.1 Å². The predicted molar refractivity (Wildman–Crippen MR) is 81.6 cm³/mol. The first kappa shape index (κ1) is 13.0. The summed E-state index contributed by atoms with van der Waals surface area (Å²) in [5, 5.41) is 3.99. The molecule has 1 N–H and O–H groups in total. The maximum absolute atomic E-state index is 5.85. The van der Waals surface area contributed by atoms with E-state index in [0.717, 1.165) is 35.8 Å². The van der Waals surface area contributed by atoms with Gasteiger partial charge in [-0.2, -0.15) is 0 Å². The molecule has 3 nitrogen and oxygen atoms in total. The molecule has 0 aromatic heterocycles. The minimum absolute atomic E-state index is 0.531. The highest BCUT2D eigenvalue weighted by Gasteiger charge is 2.08. The van der Waals surface area contributed by atoms with Gasteiger partial charge in [-0.1, -0.05) is 29.8 Å². The monoisotopic (exact) mass is 286 g/mol. The Kier molecular flexibility index (Phi) is 3.88. The molecule has 0 aliphatic carbocycles. The predicted octanol–water partition coefficient (Wildman–Crippen LogP) is 3.27. The second-order valence-electron chi connectivity index (χ2n) is 4.60. The van der Waals surface area contributed by atoms with Crippen LogP contribution in [-0.4, -0.2) is 18.9 Å². The van der Waals surface area contributed by atoms with Crippen molar-refractivity contribution in [3.05, 3.63) is 64.7 Å². The summed E-state index contributed by atoms with van der Waals surface area (Å²) in [6, 6.07) is 15.6. The maximum Gasteiger partial charge on any atom is 0.128 e. The molecule has 3 rings (SSSR count). The molecule has 0 saturated carbocycles. The van der Waals surface area contributed by atoms with Crippen molar-refractivity contribution in [1.29, 1.82) is 0 Å². The summed E-state index contributed by atoms with van der Waals surface area (Å²) in [4.78, 5) is 4.43. The molecule has 0 atom stereocenters. The highest BCUT2D eigenvalue weighted by Crippen LogP contribution is 2.17. The fourth-order valence-electron chi connectivity index (χ4n) is 2.10. The molecular weight excluding hydrogens is 272 g/mol. The first-order valence-electron chi connectivity index (χ1n) is 6.57. The third kappa shape index (κ3) is 3.11. The Labute approximate surface area is 123 Å². The summed E-state index contributed by atoms with van der Waals surface area (Å²) in [6.07, 6.45) is 0. The zero-order valence-electron chi connectivity index (χ0n) is 11.0. The smallest absolute Gasteiger partial charge is 0.128 e. The second kappa shape index (κ2) is 5.97. The number of hydrogen-bond acceptors (Lipinski definition) is 3. The molecule has 0 saturated heterocycles. The van der Waals surface area contributed by atoms with Crippen molar-refractivity contribution in [2.45, 2.75) is 6.61 Å². The molecule has 0 bridgehead atoms. The second-order valence-corrected chi connectivity index (χ2v) is 5.04. The number of rotatable bonds is 4. The molecule has 0 radical (unpaired) electrons. The quantitative estimate of drug-likeness (QED) is 0.936. The number of nitrogens with one attached hydrogen (secondary N) is 1. The summed E-state index contributed by atoms with van der Waals surface area (Å²) in [7, 11) is 0. The van der Waals surface area contributed by atoms with E-state index >= 15 is 0 Å². The van der Waals surface area contributed by atoms with E-state index in [1.54, 1.807) is 0 Å². The van der Waals surface area contributed by atoms with Crippen molar-refractivity contribution in [3.63, 3.8) is 0 Å². The van der Waals surface area contributed by atoms with Gasteiger partial charge in [0.05, 0.1) is 6.54 Å². The lowest BCUT2D eigenvalue weighted by Gasteiger charge is -2.08. The lowest BCUT2D eigenvalue weighted by molar-refractivity contribution is 0.306. The minimum Gasteiger partial charge on any atom is -0.489 e. The summed E-state index contributed by atoms with van der Waals surface area (Å²) >= 11 is 5.85. The average Bonchev–Trinajstić information content (AvgIpc) is 3.01. The van der Waals surface area contributed by atoms with Crippen LogP contribution in [0.1, 0.15) is 11.1 Å². The van der Waals surface area contributed by atoms with E-state index in [1.165, 1.54) is 0 Å². The number of nitrogens with zero attached hydrogens (tertiary/aromatic N) is 1. The molecule has 1 heterocycles. The number of benzene rings is 2. The Hall–Kier alpha value is -2.00. The summed E-state index contributed by atoms with van der Waals surface area (Å²) in [5.74, 6) is 1.79. The molecule has 0 spiro atoms. The molecular formula is C16H15ClN2O. The third-order valence-corrected chi connectivity index (χ3v) is 3.35. The van der Waals surface area contributed by atoms with E-state index < -0.39 is 0 Å². The molecule has 20 heavy (non-hydrogen) atoms. The van der Waals surface area contributed by atoms with Gasteiger partial charge in [-0.25, -0.2) is 0 Å². The summed E-state index contributed by atoms with van der Waals surface area (Å²) in [6.45, 7) is 2.30. The van der Waals surface area contributed by atoms with Crippen molar-refractivity contribution in [1.82, 2.24) is 5.32 Å². The number of amidine groups is 1. The van der Waals surface area contributed by atoms with Gasteiger partial charge in [0.2, 0.25) is 0 Å². The largest absolute Gasteiger partial charge is 0.489 e. The topological polar surface area (TPSA) is 33.6 Å². The van der Waals surface area contributed by atoms with Crippen LogP contribution in [0.3, 0.4) is 0 Å². The van der Waals surface area contributed by atoms with Crippen molar-refractivity contribution in [3.8, 4) is 5.75 Å². The van der Waals surface area contributed by atoms with E-state index in [0.29, 0.717) is 11.6 Å². The molecule has 2 aromatic rings. The molecule has 0 fully saturated rings. The van der Waals surface area contributed by atoms with Gasteiger partial charge < -0.3 is 10.1 Å². The van der Waals surface area contributed by atoms with Crippen molar-refractivity contribution < 1.29 is 4.74 Å². The Morgan fingerprint density at radius 2 is 2.00 bits per heavy atom. The molecule has 4 heteroatoms. The summed E-state index contributed by atoms with van der Waals surface area (Å²) < 4.78 is 5.75. The van der Waals surface area contributed by atoms with Gasteiger partial charge in [-0.05, 0) is 35.9 Å². The van der Waals surface area contributed by atoms with Crippen LogP contribution in [0.4, 0.5) is 0 Å². The van der Waals surface area contributed by atoms with Gasteiger partial charge >= 0.3 is 0 Å². The number of halogens is 1. The fourth-order valence-corrected chi connectivity index (χ4v) is 2.22. The molecule has 102 valence electrons. The van der Waals surface area contributed by atoms with Crippen molar-refractivity contribution >= 4 is 17.4 Å². The van der Waals surface area contributed by atoms with E-state index in [-0.39, 0.29) is 0 Å². The van der Waals surface area contributed by atoms with Crippen LogP contribution in [0.5, 0.6) is 5.75 Å². The van der Waals surface area contributed by atoms with Gasteiger partial charge in [0.15, 0.2) is 0 Å². The van der Waals surface area contributed by atoms with Crippen molar-refractivity contribution in [2.24, 2.45) is 4.99 Å². The van der Waals surface area contributed by atoms with Crippen LogP contribution >= 0.6 is 11.6 Å². The van der Waals surface area contributed by atoms with Gasteiger partial charge in [0.1, 0.15) is 18.2 Å². The normalized spacial score (nSPS) is 13.8. The minimum atomic E-state index is 0.531. The highest BCUT2D eigenvalue weighted by atomic mass is 35.5. The SMILES string of the molecule is Clc1ccc(OCc2cccc(C3=NCCN3)c2)cc1. The zero-order chi connectivity index (χ0) is 13.8. The first-order chi connectivity index (χ1) is 9.81. The van der Waals surface area contributed by atoms with E-state index in [2.05, 4.69) is 28.5 Å². The van der Waals surface area contributed by atoms with Gasteiger partial charge in [0.25, 0.3) is 0 Å². The van der Waals surface area contributed by atoms with Crippen LogP contribution in [0.2, 0.25) is 5.02 Å². The Morgan fingerprint density at radius 3 is 2.75 bits per heavy atom. The third-order valence-electron chi connectivity index (χ3n) is 3.09. The Morgan fingerprint density at radius 1 is 1.15 bits per heavy atom. The highest BCUT2D eigenvalue weighted by molar-refractivity contribution is 6.30. The van der Waals surface area contributed by atoms with Gasteiger partial charge in [-0.15, -0.1) is 0 Å². The molecule has 2 aromatic carbocycles. The molecule has 1 aliphatic rings. The van der Waals surface area contributed by atoms with Crippen LogP contribution in [0.25, 0.3) is 0 Å². The van der Waals surface area contributed by atoms with Crippen molar-refractivity contribution in [2.75, 3.05) is 13.1 Å². The van der Waals surface area contributed by atoms with Gasteiger partial charge in [-0.3, -0.25) is 4.99 Å². The van der Waals surface area contributed by atoms with Crippen LogP contribution in [0.15, 0.2) is 53.5 Å². The van der Waals surface area contributed by atoms with Crippen LogP contribution in [-0.2, 0) is 6.61 Å². The fraction of sp³-hybridized carbons (Fsp3) is 0.188. The lowest BCUT2D eigenvalue weighted by Crippen LogP contribution is -2.19.